The third-order valence-corrected chi connectivity index (χ3v) is 5.20. The van der Waals surface area contributed by atoms with Crippen molar-refractivity contribution in [2.24, 2.45) is 0 Å². The number of amides is 1. The van der Waals surface area contributed by atoms with E-state index in [2.05, 4.69) is 26.9 Å². The molecule has 0 N–H and O–H groups in total. The zero-order valence-electron chi connectivity index (χ0n) is 17.3. The molecule has 1 fully saturated rings. The Morgan fingerprint density at radius 2 is 1.79 bits per heavy atom. The first-order valence-electron chi connectivity index (χ1n) is 10.2. The number of aromatic nitrogens is 1. The van der Waals surface area contributed by atoms with Gasteiger partial charge in [0, 0.05) is 51.2 Å². The molecule has 0 radical (unpaired) electrons. The van der Waals surface area contributed by atoms with Crippen molar-refractivity contribution >= 4 is 11.6 Å². The molecule has 0 atom stereocenters. The van der Waals surface area contributed by atoms with Crippen molar-refractivity contribution in [3.63, 3.8) is 0 Å². The molecule has 1 amide bonds. The number of nitriles is 1. The Balaban J connectivity index is 1.58. The number of aryl methyl sites for hydroxylation is 2. The topological polar surface area (TPSA) is 63.5 Å². The average molecular weight is 392 g/mol. The van der Waals surface area contributed by atoms with Crippen LogP contribution in [0.25, 0.3) is 0 Å². The summed E-state index contributed by atoms with van der Waals surface area (Å²) in [5, 5.41) is 9.02. The Labute approximate surface area is 173 Å². The SMILES string of the molecule is Cc1cc(C)cc(N(CCC#N)C(=O)CN2CCN(Cc3ccccn3)CC2)c1. The fourth-order valence-electron chi connectivity index (χ4n) is 3.77. The van der Waals surface area contributed by atoms with E-state index in [4.69, 9.17) is 5.26 Å². The third kappa shape index (κ3) is 6.11. The van der Waals surface area contributed by atoms with Crippen LogP contribution >= 0.6 is 0 Å². The predicted molar refractivity (Wildman–Crippen MR) is 114 cm³/mol. The van der Waals surface area contributed by atoms with E-state index >= 15 is 0 Å². The van der Waals surface area contributed by atoms with E-state index in [0.717, 1.165) is 55.2 Å². The molecule has 0 unspecified atom stereocenters. The second kappa shape index (κ2) is 10.1. The quantitative estimate of drug-likeness (QED) is 0.726. The minimum atomic E-state index is 0.0587. The molecule has 1 aromatic carbocycles. The fourth-order valence-corrected chi connectivity index (χ4v) is 3.77. The lowest BCUT2D eigenvalue weighted by Crippen LogP contribution is -2.50. The maximum absolute atomic E-state index is 13.1. The Bertz CT molecular complexity index is 833. The van der Waals surface area contributed by atoms with Gasteiger partial charge >= 0.3 is 0 Å². The van der Waals surface area contributed by atoms with Gasteiger partial charge in [-0.3, -0.25) is 19.6 Å². The van der Waals surface area contributed by atoms with Crippen molar-refractivity contribution in [2.75, 3.05) is 44.2 Å². The van der Waals surface area contributed by atoms with Crippen LogP contribution in [0.4, 0.5) is 5.69 Å². The van der Waals surface area contributed by atoms with Crippen LogP contribution in [0.2, 0.25) is 0 Å². The second-order valence-corrected chi connectivity index (χ2v) is 7.67. The smallest absolute Gasteiger partial charge is 0.241 e. The Morgan fingerprint density at radius 1 is 1.10 bits per heavy atom. The van der Waals surface area contributed by atoms with Gasteiger partial charge in [-0.15, -0.1) is 0 Å². The normalized spacial score (nSPS) is 15.1. The van der Waals surface area contributed by atoms with Gasteiger partial charge in [0.05, 0.1) is 24.7 Å². The van der Waals surface area contributed by atoms with Crippen LogP contribution in [0.15, 0.2) is 42.6 Å². The van der Waals surface area contributed by atoms with Gasteiger partial charge in [-0.1, -0.05) is 12.1 Å². The molecular formula is C23H29N5O. The largest absolute Gasteiger partial charge is 0.310 e. The number of hydrogen-bond acceptors (Lipinski definition) is 5. The highest BCUT2D eigenvalue weighted by molar-refractivity contribution is 5.95. The average Bonchev–Trinajstić information content (AvgIpc) is 2.70. The van der Waals surface area contributed by atoms with Crippen molar-refractivity contribution in [2.45, 2.75) is 26.8 Å². The van der Waals surface area contributed by atoms with Gasteiger partial charge in [0.1, 0.15) is 0 Å². The standard InChI is InChI=1S/C23H29N5O/c1-19-14-20(2)16-22(15-19)28(9-5-7-24)23(29)18-27-12-10-26(11-13-27)17-21-6-3-4-8-25-21/h3-4,6,8,14-16H,5,9-13,17-18H2,1-2H3. The van der Waals surface area contributed by atoms with Gasteiger partial charge in [-0.05, 0) is 49.2 Å². The van der Waals surface area contributed by atoms with E-state index in [0.29, 0.717) is 19.5 Å². The molecule has 1 aromatic heterocycles. The number of carbonyl (C=O) groups is 1. The summed E-state index contributed by atoms with van der Waals surface area (Å²) in [6, 6.07) is 14.3. The molecule has 0 bridgehead atoms. The van der Waals surface area contributed by atoms with Crippen LogP contribution in [0, 0.1) is 25.2 Å². The molecule has 6 heteroatoms. The molecule has 0 aliphatic carbocycles. The van der Waals surface area contributed by atoms with Crippen LogP contribution in [0.3, 0.4) is 0 Å². The first-order chi connectivity index (χ1) is 14.0. The van der Waals surface area contributed by atoms with E-state index in [1.807, 2.05) is 50.4 Å². The van der Waals surface area contributed by atoms with Crippen molar-refractivity contribution < 1.29 is 4.79 Å². The summed E-state index contributed by atoms with van der Waals surface area (Å²) in [6.07, 6.45) is 2.16. The predicted octanol–water partition coefficient (Wildman–Crippen LogP) is 2.76. The molecule has 0 spiro atoms. The van der Waals surface area contributed by atoms with Gasteiger partial charge in [0.2, 0.25) is 5.91 Å². The molecule has 152 valence electrons. The Hall–Kier alpha value is -2.75. The summed E-state index contributed by atoms with van der Waals surface area (Å²) in [4.78, 5) is 23.8. The Morgan fingerprint density at radius 3 is 2.41 bits per heavy atom. The lowest BCUT2D eigenvalue weighted by Gasteiger charge is -2.35. The summed E-state index contributed by atoms with van der Waals surface area (Å²) < 4.78 is 0. The molecule has 1 saturated heterocycles. The highest BCUT2D eigenvalue weighted by Gasteiger charge is 2.23. The van der Waals surface area contributed by atoms with Gasteiger partial charge < -0.3 is 4.90 Å². The summed E-state index contributed by atoms with van der Waals surface area (Å²) in [5.74, 6) is 0.0587. The third-order valence-electron chi connectivity index (χ3n) is 5.20. The number of benzene rings is 1. The van der Waals surface area contributed by atoms with E-state index in [-0.39, 0.29) is 5.91 Å². The van der Waals surface area contributed by atoms with E-state index in [9.17, 15) is 4.79 Å². The maximum atomic E-state index is 13.1. The van der Waals surface area contributed by atoms with E-state index < -0.39 is 0 Å². The molecule has 3 rings (SSSR count). The monoisotopic (exact) mass is 391 g/mol. The van der Waals surface area contributed by atoms with Crippen LogP contribution in [0.1, 0.15) is 23.2 Å². The highest BCUT2D eigenvalue weighted by Crippen LogP contribution is 2.20. The number of carbonyl (C=O) groups excluding carboxylic acids is 1. The van der Waals surface area contributed by atoms with Crippen molar-refractivity contribution in [1.29, 1.82) is 5.26 Å². The minimum absolute atomic E-state index is 0.0587. The zero-order valence-corrected chi connectivity index (χ0v) is 17.3. The first kappa shape index (κ1) is 21.0. The number of pyridine rings is 1. The molecule has 1 aliphatic rings. The maximum Gasteiger partial charge on any atom is 0.241 e. The van der Waals surface area contributed by atoms with Crippen molar-refractivity contribution in [3.8, 4) is 6.07 Å². The summed E-state index contributed by atoms with van der Waals surface area (Å²) in [6.45, 7) is 9.29. The zero-order chi connectivity index (χ0) is 20.6. The van der Waals surface area contributed by atoms with E-state index in [1.54, 1.807) is 4.90 Å². The summed E-state index contributed by atoms with van der Waals surface area (Å²) in [7, 11) is 0. The molecule has 2 aromatic rings. The van der Waals surface area contributed by atoms with Gasteiger partial charge in [-0.25, -0.2) is 0 Å². The number of nitrogens with zero attached hydrogens (tertiary/aromatic N) is 5. The molecule has 2 heterocycles. The van der Waals surface area contributed by atoms with Crippen LogP contribution in [0.5, 0.6) is 0 Å². The van der Waals surface area contributed by atoms with Crippen molar-refractivity contribution in [1.82, 2.24) is 14.8 Å². The number of hydrogen-bond donors (Lipinski definition) is 0. The first-order valence-corrected chi connectivity index (χ1v) is 10.2. The Kier molecular flexibility index (Phi) is 7.34. The summed E-state index contributed by atoms with van der Waals surface area (Å²) in [5.41, 5.74) is 4.21. The molecule has 29 heavy (non-hydrogen) atoms. The lowest BCUT2D eigenvalue weighted by molar-refractivity contribution is -0.120. The summed E-state index contributed by atoms with van der Waals surface area (Å²) >= 11 is 0. The number of anilines is 1. The molecule has 0 saturated carbocycles. The number of piperazine rings is 1. The van der Waals surface area contributed by atoms with Gasteiger partial charge in [0.25, 0.3) is 0 Å². The lowest BCUT2D eigenvalue weighted by atomic mass is 10.1. The second-order valence-electron chi connectivity index (χ2n) is 7.67. The molecular weight excluding hydrogens is 362 g/mol. The number of rotatable bonds is 7. The minimum Gasteiger partial charge on any atom is -0.310 e. The van der Waals surface area contributed by atoms with Crippen LogP contribution in [-0.4, -0.2) is 60.0 Å². The molecule has 6 nitrogen and oxygen atoms in total. The van der Waals surface area contributed by atoms with Crippen LogP contribution in [-0.2, 0) is 11.3 Å². The van der Waals surface area contributed by atoms with Crippen molar-refractivity contribution in [3.05, 3.63) is 59.4 Å². The van der Waals surface area contributed by atoms with Gasteiger partial charge in [0.15, 0.2) is 0 Å². The highest BCUT2D eigenvalue weighted by atomic mass is 16.2. The fraction of sp³-hybridized carbons (Fsp3) is 0.435. The molecule has 1 aliphatic heterocycles. The van der Waals surface area contributed by atoms with Crippen LogP contribution < -0.4 is 4.90 Å². The van der Waals surface area contributed by atoms with Gasteiger partial charge in [-0.2, -0.15) is 5.26 Å². The van der Waals surface area contributed by atoms with E-state index in [1.165, 1.54) is 0 Å².